The molecule has 4 heteroatoms. The van der Waals surface area contributed by atoms with Crippen LogP contribution in [-0.2, 0) is 5.41 Å². The van der Waals surface area contributed by atoms with E-state index in [9.17, 15) is 0 Å². The zero-order valence-corrected chi connectivity index (χ0v) is 47.3. The van der Waals surface area contributed by atoms with E-state index in [2.05, 4.69) is 348 Å². The van der Waals surface area contributed by atoms with E-state index in [1.165, 1.54) is 133 Å². The van der Waals surface area contributed by atoms with Crippen LogP contribution < -0.4 is 9.80 Å². The van der Waals surface area contributed by atoms with Gasteiger partial charge in [0.2, 0.25) is 0 Å². The van der Waals surface area contributed by atoms with Crippen LogP contribution in [0.25, 0.3) is 99.5 Å². The summed E-state index contributed by atoms with van der Waals surface area (Å²) < 4.78 is 4.84. The van der Waals surface area contributed by atoms with Crippen LogP contribution >= 0.6 is 0 Å². The van der Waals surface area contributed by atoms with Gasteiger partial charge in [-0.1, -0.05) is 206 Å². The Labute approximate surface area is 495 Å². The molecule has 15 aromatic rings. The Morgan fingerprint density at radius 1 is 0.235 bits per heavy atom. The molecule has 0 unspecified atom stereocenters. The minimum absolute atomic E-state index is 0.430. The third-order valence-electron chi connectivity index (χ3n) is 18.0. The molecule has 402 valence electrons. The van der Waals surface area contributed by atoms with Crippen LogP contribution in [0.5, 0.6) is 0 Å². The second-order valence-corrected chi connectivity index (χ2v) is 22.5. The number of anilines is 4. The summed E-state index contributed by atoms with van der Waals surface area (Å²) in [6.07, 6.45) is 0. The Balaban J connectivity index is 0.000000141. The second kappa shape index (κ2) is 20.2. The number of fused-ring (bicyclic) bond motifs is 16. The van der Waals surface area contributed by atoms with E-state index in [1.807, 2.05) is 0 Å². The van der Waals surface area contributed by atoms with Crippen LogP contribution in [0.1, 0.15) is 22.3 Å². The highest BCUT2D eigenvalue weighted by molar-refractivity contribution is 6.12. The van der Waals surface area contributed by atoms with E-state index in [1.54, 1.807) is 0 Å². The highest BCUT2D eigenvalue weighted by Gasteiger charge is 2.52. The van der Waals surface area contributed by atoms with Gasteiger partial charge in [-0.2, -0.15) is 0 Å². The van der Waals surface area contributed by atoms with Crippen LogP contribution in [0.2, 0.25) is 0 Å². The van der Waals surface area contributed by atoms with Gasteiger partial charge in [0, 0.05) is 69.8 Å². The van der Waals surface area contributed by atoms with Gasteiger partial charge in [0.1, 0.15) is 0 Å². The van der Waals surface area contributed by atoms with Gasteiger partial charge in [0.15, 0.2) is 0 Å². The summed E-state index contributed by atoms with van der Waals surface area (Å²) in [5.41, 5.74) is 27.0. The lowest BCUT2D eigenvalue weighted by Gasteiger charge is -2.31. The predicted octanol–water partition coefficient (Wildman–Crippen LogP) is 20.8. The summed E-state index contributed by atoms with van der Waals surface area (Å²) in [4.78, 5) is 4.52. The monoisotopic (exact) mass is 1090 g/mol. The topological polar surface area (TPSA) is 16.3 Å². The molecule has 2 aliphatic carbocycles. The SMILES string of the molecule is CN(c1ccccc1)c1ccc(-n2c3ccc(-c4ccccc4)cc3c3cc(-c4ccccc4)ccc32)cc1.CN(c1ccccc1)c1ccc2c(c1)C1(c3ccccc3-c3ccccc31)c1cc(-n3c4ccccc4c4ccccc43)ccc1-2. The van der Waals surface area contributed by atoms with Crippen LogP contribution in [-0.4, -0.2) is 23.2 Å². The number of hydrogen-bond acceptors (Lipinski definition) is 2. The highest BCUT2D eigenvalue weighted by Crippen LogP contribution is 2.63. The van der Waals surface area contributed by atoms with Gasteiger partial charge < -0.3 is 18.9 Å². The predicted molar refractivity (Wildman–Crippen MR) is 358 cm³/mol. The standard InChI is InChI=1S/C44H30N2.C37H28N2/c1-45(29-13-3-2-4-14-29)30-23-25-34-35-26-24-31(46-42-21-11-7-17-36(42)37-18-8-12-22-43(37)46)28-41(35)44(40(34)27-30)38-19-9-5-15-32(38)33-16-6-10-20-39(33)44;1-38(31-15-9-4-10-16-31)32-19-21-33(22-20-32)39-36-23-17-29(27-11-5-2-6-12-27)25-34(36)35-26-30(18-24-37(35)39)28-13-7-3-8-14-28/h2-28H,1H3;2-26H,1H3. The average molecular weight is 1090 g/mol. The first-order chi connectivity index (χ1) is 42.0. The molecule has 13 aromatic carbocycles. The zero-order valence-electron chi connectivity index (χ0n) is 47.3. The van der Waals surface area contributed by atoms with Crippen molar-refractivity contribution in [3.05, 3.63) is 338 Å². The Morgan fingerprint density at radius 3 is 1.13 bits per heavy atom. The fraction of sp³-hybridized carbons (Fsp3) is 0.0370. The van der Waals surface area contributed by atoms with E-state index in [4.69, 9.17) is 0 Å². The third-order valence-corrected chi connectivity index (χ3v) is 18.0. The van der Waals surface area contributed by atoms with Crippen molar-refractivity contribution in [2.75, 3.05) is 23.9 Å². The van der Waals surface area contributed by atoms with E-state index in [-0.39, 0.29) is 0 Å². The molecule has 4 nitrogen and oxygen atoms in total. The van der Waals surface area contributed by atoms with Crippen LogP contribution in [0.3, 0.4) is 0 Å². The Bertz CT molecular complexity index is 4820. The molecule has 0 radical (unpaired) electrons. The summed E-state index contributed by atoms with van der Waals surface area (Å²) in [7, 11) is 4.28. The van der Waals surface area contributed by atoms with E-state index >= 15 is 0 Å². The number of nitrogens with zero attached hydrogens (tertiary/aromatic N) is 4. The maximum Gasteiger partial charge on any atom is 0.0727 e. The van der Waals surface area contributed by atoms with Crippen molar-refractivity contribution in [1.82, 2.24) is 9.13 Å². The summed E-state index contributed by atoms with van der Waals surface area (Å²) in [6, 6.07) is 115. The molecule has 0 saturated carbocycles. The molecule has 0 amide bonds. The Kier molecular flexibility index (Phi) is 11.8. The molecule has 17 rings (SSSR count). The van der Waals surface area contributed by atoms with Gasteiger partial charge in [0.05, 0.1) is 27.5 Å². The molecule has 0 aliphatic heterocycles. The zero-order chi connectivity index (χ0) is 56.6. The fourth-order valence-corrected chi connectivity index (χ4v) is 14.0. The van der Waals surface area contributed by atoms with Crippen molar-refractivity contribution >= 4 is 66.4 Å². The Hall–Kier alpha value is -10.9. The molecular formula is C81H58N4. The van der Waals surface area contributed by atoms with Gasteiger partial charge in [-0.05, 0) is 176 Å². The van der Waals surface area contributed by atoms with Gasteiger partial charge in [-0.3, -0.25) is 0 Å². The summed E-state index contributed by atoms with van der Waals surface area (Å²) in [6.45, 7) is 0. The van der Waals surface area contributed by atoms with Gasteiger partial charge in [-0.15, -0.1) is 0 Å². The smallest absolute Gasteiger partial charge is 0.0727 e. The largest absolute Gasteiger partial charge is 0.345 e. The lowest BCUT2D eigenvalue weighted by Crippen LogP contribution is -2.26. The van der Waals surface area contributed by atoms with Crippen molar-refractivity contribution in [3.8, 4) is 55.9 Å². The minimum Gasteiger partial charge on any atom is -0.345 e. The molecule has 0 atom stereocenters. The van der Waals surface area contributed by atoms with Gasteiger partial charge >= 0.3 is 0 Å². The van der Waals surface area contributed by atoms with Crippen molar-refractivity contribution < 1.29 is 0 Å². The molecule has 1 spiro atoms. The number of rotatable bonds is 8. The van der Waals surface area contributed by atoms with Crippen LogP contribution in [0.15, 0.2) is 315 Å². The maximum absolute atomic E-state index is 2.48. The number of aromatic nitrogens is 2. The first-order valence-electron chi connectivity index (χ1n) is 29.4. The summed E-state index contributed by atoms with van der Waals surface area (Å²) in [5, 5.41) is 5.08. The second-order valence-electron chi connectivity index (χ2n) is 22.5. The quantitative estimate of drug-likeness (QED) is 0.151. The molecule has 0 N–H and O–H groups in total. The normalized spacial score (nSPS) is 12.4. The molecule has 0 saturated heterocycles. The molecular weight excluding hydrogens is 1030 g/mol. The van der Waals surface area contributed by atoms with E-state index in [0.717, 1.165) is 11.4 Å². The van der Waals surface area contributed by atoms with Gasteiger partial charge in [-0.25, -0.2) is 0 Å². The van der Waals surface area contributed by atoms with Crippen molar-refractivity contribution in [3.63, 3.8) is 0 Å². The molecule has 2 aliphatic rings. The van der Waals surface area contributed by atoms with Crippen molar-refractivity contribution in [1.29, 1.82) is 0 Å². The summed E-state index contributed by atoms with van der Waals surface area (Å²) >= 11 is 0. The number of benzene rings is 13. The van der Waals surface area contributed by atoms with Crippen LogP contribution in [0.4, 0.5) is 22.7 Å². The number of para-hydroxylation sites is 4. The van der Waals surface area contributed by atoms with Crippen LogP contribution in [0, 0.1) is 0 Å². The fourth-order valence-electron chi connectivity index (χ4n) is 14.0. The van der Waals surface area contributed by atoms with E-state index in [0.29, 0.717) is 0 Å². The molecule has 2 heterocycles. The minimum atomic E-state index is -0.430. The van der Waals surface area contributed by atoms with Crippen molar-refractivity contribution in [2.45, 2.75) is 5.41 Å². The molecule has 0 fully saturated rings. The van der Waals surface area contributed by atoms with Gasteiger partial charge in [0.25, 0.3) is 0 Å². The first kappa shape index (κ1) is 49.8. The molecule has 0 bridgehead atoms. The third kappa shape index (κ3) is 7.98. The number of hydrogen-bond donors (Lipinski definition) is 0. The average Bonchev–Trinajstić information content (AvgIpc) is 1.57. The first-order valence-corrected chi connectivity index (χ1v) is 29.4. The lowest BCUT2D eigenvalue weighted by atomic mass is 9.70. The molecule has 2 aromatic heterocycles. The van der Waals surface area contributed by atoms with Crippen molar-refractivity contribution in [2.24, 2.45) is 0 Å². The van der Waals surface area contributed by atoms with E-state index < -0.39 is 5.41 Å². The highest BCUT2D eigenvalue weighted by atomic mass is 15.1. The molecule has 85 heavy (non-hydrogen) atoms. The summed E-state index contributed by atoms with van der Waals surface area (Å²) in [5.74, 6) is 0. The Morgan fingerprint density at radius 2 is 0.600 bits per heavy atom. The lowest BCUT2D eigenvalue weighted by molar-refractivity contribution is 0.792. The maximum atomic E-state index is 2.48.